The molecule has 3 N–H and O–H groups in total. The highest BCUT2D eigenvalue weighted by molar-refractivity contribution is 6.32. The molecule has 6 nitrogen and oxygen atoms in total. The molecule has 3 heterocycles. The molecule has 10 heteroatoms. The lowest BCUT2D eigenvalue weighted by molar-refractivity contribution is -0.884. The number of halogens is 4. The molecular formula is C17H25ClF3N5O+2. The van der Waals surface area contributed by atoms with E-state index in [9.17, 15) is 18.0 Å². The second-order valence-corrected chi connectivity index (χ2v) is 7.67. The summed E-state index contributed by atoms with van der Waals surface area (Å²) in [6.07, 6.45) is -2.24. The van der Waals surface area contributed by atoms with Crippen LogP contribution in [-0.2, 0) is 11.0 Å². The van der Waals surface area contributed by atoms with Crippen LogP contribution in [0.15, 0.2) is 12.3 Å². The van der Waals surface area contributed by atoms with Crippen LogP contribution in [0.4, 0.5) is 19.0 Å². The number of piperazine rings is 1. The van der Waals surface area contributed by atoms with E-state index in [0.29, 0.717) is 31.7 Å². The van der Waals surface area contributed by atoms with Crippen LogP contribution < -0.4 is 20.2 Å². The smallest absolute Gasteiger partial charge is 0.335 e. The fraction of sp³-hybridized carbons (Fsp3) is 0.647. The summed E-state index contributed by atoms with van der Waals surface area (Å²) < 4.78 is 38.3. The Morgan fingerprint density at radius 1 is 1.26 bits per heavy atom. The van der Waals surface area contributed by atoms with Gasteiger partial charge in [-0.3, -0.25) is 15.1 Å². The van der Waals surface area contributed by atoms with Crippen LogP contribution in [0, 0.1) is 5.92 Å². The molecule has 2 fully saturated rings. The monoisotopic (exact) mass is 407 g/mol. The zero-order valence-electron chi connectivity index (χ0n) is 15.2. The minimum atomic E-state index is -4.44. The third-order valence-electron chi connectivity index (χ3n) is 5.27. The largest absolute Gasteiger partial charge is 0.419 e. The average molecular weight is 408 g/mol. The number of likely N-dealkylation sites (N-methyl/N-ethyl adjacent to an activating group) is 1. The van der Waals surface area contributed by atoms with E-state index in [1.807, 2.05) is 9.91 Å². The lowest BCUT2D eigenvalue weighted by Crippen LogP contribution is -3.12. The van der Waals surface area contributed by atoms with E-state index < -0.39 is 11.7 Å². The van der Waals surface area contributed by atoms with Crippen molar-refractivity contribution in [3.8, 4) is 0 Å². The van der Waals surface area contributed by atoms with E-state index in [1.54, 1.807) is 0 Å². The van der Waals surface area contributed by atoms with Gasteiger partial charge in [-0.05, 0) is 18.9 Å². The fourth-order valence-electron chi connectivity index (χ4n) is 3.48. The molecule has 0 radical (unpaired) electrons. The van der Waals surface area contributed by atoms with E-state index in [2.05, 4.69) is 17.5 Å². The highest BCUT2D eigenvalue weighted by Crippen LogP contribution is 2.33. The van der Waals surface area contributed by atoms with Crippen LogP contribution in [-0.4, -0.2) is 57.2 Å². The first-order chi connectivity index (χ1) is 12.7. The SMILES string of the molecule is C[NH+]1CCN(NC(=O)C2CCN(c3[nH+]cc(C(F)(F)F)cc3Cl)CC2)CC1. The van der Waals surface area contributed by atoms with Crippen LogP contribution in [0.5, 0.6) is 0 Å². The number of nitrogens with zero attached hydrogens (tertiary/aromatic N) is 2. The minimum Gasteiger partial charge on any atom is -0.335 e. The first kappa shape index (κ1) is 20.2. The molecular weight excluding hydrogens is 383 g/mol. The number of alkyl halides is 3. The van der Waals surface area contributed by atoms with Gasteiger partial charge in [0.1, 0.15) is 11.2 Å². The van der Waals surface area contributed by atoms with E-state index in [-0.39, 0.29) is 16.8 Å². The quantitative estimate of drug-likeness (QED) is 0.755. The van der Waals surface area contributed by atoms with Gasteiger partial charge in [0, 0.05) is 5.92 Å². The van der Waals surface area contributed by atoms with E-state index >= 15 is 0 Å². The standard InChI is InChI=1S/C17H23ClF3N5O/c1-24-6-8-26(9-7-24)23-16(27)12-2-4-25(5-3-12)15-14(18)10-13(11-22-15)17(19,20)21/h10-12H,2-9H2,1H3,(H,23,27)/p+2. The Bertz CT molecular complexity index is 671. The maximum Gasteiger partial charge on any atom is 0.419 e. The summed E-state index contributed by atoms with van der Waals surface area (Å²) in [6, 6.07) is 0.932. The van der Waals surface area contributed by atoms with E-state index in [1.165, 1.54) is 4.90 Å². The first-order valence-electron chi connectivity index (χ1n) is 9.14. The summed E-state index contributed by atoms with van der Waals surface area (Å²) in [5.41, 5.74) is 2.20. The zero-order chi connectivity index (χ0) is 19.6. The maximum atomic E-state index is 12.8. The molecule has 0 aromatic carbocycles. The molecule has 1 aromatic heterocycles. The molecule has 0 bridgehead atoms. The number of pyridine rings is 1. The number of carbonyl (C=O) groups excluding carboxylic acids is 1. The second-order valence-electron chi connectivity index (χ2n) is 7.26. The number of piperidine rings is 1. The molecule has 0 atom stereocenters. The Kier molecular flexibility index (Phi) is 6.12. The predicted octanol–water partition coefficient (Wildman–Crippen LogP) is 0.251. The molecule has 27 heavy (non-hydrogen) atoms. The number of nitrogens with one attached hydrogen (secondary N) is 3. The molecule has 0 aliphatic carbocycles. The van der Waals surface area contributed by atoms with Crippen molar-refractivity contribution in [3.63, 3.8) is 0 Å². The molecule has 2 aliphatic heterocycles. The van der Waals surface area contributed by atoms with Gasteiger partial charge >= 0.3 is 6.18 Å². The third-order valence-corrected chi connectivity index (χ3v) is 5.56. The lowest BCUT2D eigenvalue weighted by atomic mass is 9.96. The molecule has 150 valence electrons. The van der Waals surface area contributed by atoms with Gasteiger partial charge in [-0.15, -0.1) is 0 Å². The van der Waals surface area contributed by atoms with Gasteiger partial charge in [0.15, 0.2) is 0 Å². The zero-order valence-corrected chi connectivity index (χ0v) is 16.0. The molecule has 1 aromatic rings. The Morgan fingerprint density at radius 3 is 2.44 bits per heavy atom. The van der Waals surface area contributed by atoms with Crippen molar-refractivity contribution in [3.05, 3.63) is 22.8 Å². The van der Waals surface area contributed by atoms with Crippen molar-refractivity contribution < 1.29 is 27.8 Å². The van der Waals surface area contributed by atoms with E-state index in [4.69, 9.17) is 11.6 Å². The summed E-state index contributed by atoms with van der Waals surface area (Å²) in [5, 5.41) is 2.01. The lowest BCUT2D eigenvalue weighted by Gasteiger charge is -2.32. The Morgan fingerprint density at radius 2 is 1.89 bits per heavy atom. The average Bonchev–Trinajstić information content (AvgIpc) is 2.63. The number of quaternary nitrogens is 1. The summed E-state index contributed by atoms with van der Waals surface area (Å²) in [5.74, 6) is 0.392. The van der Waals surface area contributed by atoms with Crippen molar-refractivity contribution in [2.24, 2.45) is 5.92 Å². The maximum absolute atomic E-state index is 12.8. The van der Waals surface area contributed by atoms with Gasteiger partial charge in [-0.25, -0.2) is 9.99 Å². The minimum absolute atomic E-state index is 0.0247. The van der Waals surface area contributed by atoms with Crippen molar-refractivity contribution in [1.82, 2.24) is 10.4 Å². The summed E-state index contributed by atoms with van der Waals surface area (Å²) in [4.78, 5) is 18.5. The molecule has 2 aliphatic rings. The number of hydrogen-bond donors (Lipinski definition) is 2. The number of carbonyl (C=O) groups is 1. The van der Waals surface area contributed by atoms with Crippen LogP contribution >= 0.6 is 11.6 Å². The van der Waals surface area contributed by atoms with Crippen LogP contribution in [0.25, 0.3) is 0 Å². The number of hydrogen-bond acceptors (Lipinski definition) is 3. The third kappa shape index (κ3) is 5.03. The van der Waals surface area contributed by atoms with Crippen LogP contribution in [0.2, 0.25) is 5.02 Å². The summed E-state index contributed by atoms with van der Waals surface area (Å²) >= 11 is 6.05. The number of aromatic amines is 1. The Balaban J connectivity index is 1.53. The van der Waals surface area contributed by atoms with Crippen molar-refractivity contribution in [2.45, 2.75) is 19.0 Å². The van der Waals surface area contributed by atoms with Crippen molar-refractivity contribution in [2.75, 3.05) is 51.2 Å². The van der Waals surface area contributed by atoms with E-state index in [0.717, 1.165) is 38.4 Å². The number of rotatable bonds is 3. The van der Waals surface area contributed by atoms with Gasteiger partial charge in [0.2, 0.25) is 5.91 Å². The number of anilines is 1. The van der Waals surface area contributed by atoms with Gasteiger partial charge in [0.05, 0.1) is 51.9 Å². The highest BCUT2D eigenvalue weighted by Gasteiger charge is 2.35. The number of hydrazine groups is 1. The molecule has 2 saturated heterocycles. The summed E-state index contributed by atoms with van der Waals surface area (Å²) in [6.45, 7) is 4.81. The highest BCUT2D eigenvalue weighted by atomic mass is 35.5. The summed E-state index contributed by atoms with van der Waals surface area (Å²) in [7, 11) is 2.14. The van der Waals surface area contributed by atoms with Gasteiger partial charge in [-0.1, -0.05) is 11.6 Å². The second kappa shape index (κ2) is 8.20. The van der Waals surface area contributed by atoms with Crippen LogP contribution in [0.1, 0.15) is 18.4 Å². The normalized spacial score (nSPS) is 20.7. The first-order valence-corrected chi connectivity index (χ1v) is 9.52. The predicted molar refractivity (Wildman–Crippen MR) is 94.3 cm³/mol. The van der Waals surface area contributed by atoms with Crippen LogP contribution in [0.3, 0.4) is 0 Å². The molecule has 3 rings (SSSR count). The molecule has 0 unspecified atom stereocenters. The van der Waals surface area contributed by atoms with Crippen molar-refractivity contribution in [1.29, 1.82) is 0 Å². The topological polar surface area (TPSA) is 54.2 Å². The van der Waals surface area contributed by atoms with Crippen molar-refractivity contribution >= 4 is 23.3 Å². The number of aromatic nitrogens is 1. The number of amides is 1. The number of H-pyrrole nitrogens is 1. The molecule has 1 amide bonds. The molecule has 0 spiro atoms. The Hall–Kier alpha value is -1.58. The van der Waals surface area contributed by atoms with Gasteiger partial charge < -0.3 is 4.90 Å². The fourth-order valence-corrected chi connectivity index (χ4v) is 3.77. The molecule has 0 saturated carbocycles. The Labute approximate surface area is 161 Å². The van der Waals surface area contributed by atoms with Gasteiger partial charge in [0.25, 0.3) is 5.82 Å². The van der Waals surface area contributed by atoms with Gasteiger partial charge in [-0.2, -0.15) is 13.2 Å².